The minimum absolute atomic E-state index is 0.0924. The number of ketones is 1. The van der Waals surface area contributed by atoms with Crippen molar-refractivity contribution in [2.75, 3.05) is 19.0 Å². The van der Waals surface area contributed by atoms with Crippen LogP contribution in [0.3, 0.4) is 0 Å². The maximum Gasteiger partial charge on any atom is 0.159 e. The highest BCUT2D eigenvalue weighted by Gasteiger charge is 1.99. The summed E-state index contributed by atoms with van der Waals surface area (Å²) in [4.78, 5) is 11.2. The monoisotopic (exact) mass is 269 g/mol. The summed E-state index contributed by atoms with van der Waals surface area (Å²) in [5.41, 5.74) is 3.04. The first kappa shape index (κ1) is 14.1. The van der Waals surface area contributed by atoms with Gasteiger partial charge in [0.25, 0.3) is 0 Å². The molecule has 0 heterocycles. The fourth-order valence-electron chi connectivity index (χ4n) is 1.97. The third-order valence-corrected chi connectivity index (χ3v) is 3.19. The molecule has 0 amide bonds. The predicted octanol–water partition coefficient (Wildman–Crippen LogP) is 3.55. The standard InChI is InChI=1S/C17H19NO2/c1-13(19)15-5-7-16(8-6-15)18-12-11-14-3-9-17(20-2)10-4-14/h3-10,18H,11-12H2,1-2H3. The number of Topliss-reactive ketones (excluding diaryl/α,β-unsaturated/α-hetero) is 1. The SMILES string of the molecule is COc1ccc(CCNc2ccc(C(C)=O)cc2)cc1. The van der Waals surface area contributed by atoms with Crippen LogP contribution in [0.15, 0.2) is 48.5 Å². The number of nitrogens with one attached hydrogen (secondary N) is 1. The van der Waals surface area contributed by atoms with E-state index in [-0.39, 0.29) is 5.78 Å². The van der Waals surface area contributed by atoms with Crippen molar-refractivity contribution in [2.24, 2.45) is 0 Å². The van der Waals surface area contributed by atoms with Gasteiger partial charge in [0.05, 0.1) is 7.11 Å². The number of anilines is 1. The Morgan fingerprint density at radius 3 is 2.25 bits per heavy atom. The van der Waals surface area contributed by atoms with Crippen LogP contribution in [-0.2, 0) is 6.42 Å². The number of carbonyl (C=O) groups excluding carboxylic acids is 1. The van der Waals surface area contributed by atoms with Gasteiger partial charge in [0.1, 0.15) is 5.75 Å². The largest absolute Gasteiger partial charge is 0.497 e. The summed E-state index contributed by atoms with van der Waals surface area (Å²) in [5, 5.41) is 3.35. The molecule has 104 valence electrons. The van der Waals surface area contributed by atoms with Gasteiger partial charge in [0, 0.05) is 17.8 Å². The van der Waals surface area contributed by atoms with Crippen LogP contribution in [0.25, 0.3) is 0 Å². The lowest BCUT2D eigenvalue weighted by molar-refractivity contribution is 0.101. The molecule has 0 saturated heterocycles. The average Bonchev–Trinajstić information content (AvgIpc) is 2.48. The van der Waals surface area contributed by atoms with Crippen LogP contribution in [0.1, 0.15) is 22.8 Å². The number of rotatable bonds is 6. The Kier molecular flexibility index (Phi) is 4.77. The fourth-order valence-corrected chi connectivity index (χ4v) is 1.97. The van der Waals surface area contributed by atoms with E-state index in [0.29, 0.717) is 0 Å². The molecule has 0 aliphatic heterocycles. The highest BCUT2D eigenvalue weighted by molar-refractivity contribution is 5.94. The molecule has 0 spiro atoms. The van der Waals surface area contributed by atoms with E-state index >= 15 is 0 Å². The highest BCUT2D eigenvalue weighted by atomic mass is 16.5. The zero-order chi connectivity index (χ0) is 14.4. The summed E-state index contributed by atoms with van der Waals surface area (Å²) in [7, 11) is 1.67. The molecule has 0 saturated carbocycles. The lowest BCUT2D eigenvalue weighted by Crippen LogP contribution is -2.05. The Morgan fingerprint density at radius 2 is 1.70 bits per heavy atom. The molecule has 0 fully saturated rings. The van der Waals surface area contributed by atoms with Crippen molar-refractivity contribution >= 4 is 11.5 Å². The van der Waals surface area contributed by atoms with Crippen molar-refractivity contribution in [1.82, 2.24) is 0 Å². The van der Waals surface area contributed by atoms with Crippen molar-refractivity contribution < 1.29 is 9.53 Å². The molecular weight excluding hydrogens is 250 g/mol. The molecule has 0 unspecified atom stereocenters. The minimum Gasteiger partial charge on any atom is -0.497 e. The fraction of sp³-hybridized carbons (Fsp3) is 0.235. The van der Waals surface area contributed by atoms with Crippen LogP contribution in [0, 0.1) is 0 Å². The van der Waals surface area contributed by atoms with Crippen LogP contribution in [0.2, 0.25) is 0 Å². The lowest BCUT2D eigenvalue weighted by Gasteiger charge is -2.07. The number of hydrogen-bond donors (Lipinski definition) is 1. The molecule has 20 heavy (non-hydrogen) atoms. The van der Waals surface area contributed by atoms with E-state index in [2.05, 4.69) is 17.4 Å². The van der Waals surface area contributed by atoms with Crippen molar-refractivity contribution in [1.29, 1.82) is 0 Å². The van der Waals surface area contributed by atoms with E-state index in [1.165, 1.54) is 5.56 Å². The summed E-state index contributed by atoms with van der Waals surface area (Å²) in [5.74, 6) is 0.969. The predicted molar refractivity (Wildman–Crippen MR) is 81.6 cm³/mol. The van der Waals surface area contributed by atoms with Gasteiger partial charge in [0.2, 0.25) is 0 Å². The molecule has 0 aliphatic rings. The second-order valence-electron chi connectivity index (χ2n) is 4.66. The Bertz CT molecular complexity index is 559. The van der Waals surface area contributed by atoms with Crippen molar-refractivity contribution in [3.8, 4) is 5.75 Å². The second kappa shape index (κ2) is 6.75. The van der Waals surface area contributed by atoms with Crippen LogP contribution in [-0.4, -0.2) is 19.4 Å². The van der Waals surface area contributed by atoms with Crippen molar-refractivity contribution in [3.63, 3.8) is 0 Å². The van der Waals surface area contributed by atoms with Gasteiger partial charge in [0.15, 0.2) is 5.78 Å². The van der Waals surface area contributed by atoms with Gasteiger partial charge in [-0.3, -0.25) is 4.79 Å². The van der Waals surface area contributed by atoms with Crippen molar-refractivity contribution in [2.45, 2.75) is 13.3 Å². The summed E-state index contributed by atoms with van der Waals surface area (Å²) in [6.45, 7) is 2.43. The Hall–Kier alpha value is -2.29. The number of ether oxygens (including phenoxy) is 1. The smallest absolute Gasteiger partial charge is 0.159 e. The Balaban J connectivity index is 1.84. The van der Waals surface area contributed by atoms with E-state index in [9.17, 15) is 4.79 Å². The first-order valence-electron chi connectivity index (χ1n) is 6.67. The highest BCUT2D eigenvalue weighted by Crippen LogP contribution is 2.13. The summed E-state index contributed by atoms with van der Waals surface area (Å²) >= 11 is 0. The topological polar surface area (TPSA) is 38.3 Å². The summed E-state index contributed by atoms with van der Waals surface area (Å²) in [6.07, 6.45) is 0.943. The number of hydrogen-bond acceptors (Lipinski definition) is 3. The Morgan fingerprint density at radius 1 is 1.05 bits per heavy atom. The molecule has 0 bridgehead atoms. The zero-order valence-electron chi connectivity index (χ0n) is 11.8. The quantitative estimate of drug-likeness (QED) is 0.815. The van der Waals surface area contributed by atoms with Gasteiger partial charge in [-0.25, -0.2) is 0 Å². The van der Waals surface area contributed by atoms with Gasteiger partial charge in [-0.1, -0.05) is 12.1 Å². The van der Waals surface area contributed by atoms with E-state index in [1.54, 1.807) is 14.0 Å². The minimum atomic E-state index is 0.0924. The van der Waals surface area contributed by atoms with Gasteiger partial charge in [-0.15, -0.1) is 0 Å². The molecule has 0 atom stereocenters. The van der Waals surface area contributed by atoms with Crippen LogP contribution >= 0.6 is 0 Å². The third-order valence-electron chi connectivity index (χ3n) is 3.19. The molecule has 0 aromatic heterocycles. The van der Waals surface area contributed by atoms with Crippen LogP contribution < -0.4 is 10.1 Å². The van der Waals surface area contributed by atoms with E-state index in [4.69, 9.17) is 4.74 Å². The van der Waals surface area contributed by atoms with Gasteiger partial charge in [-0.05, 0) is 55.3 Å². The maximum absolute atomic E-state index is 11.2. The Labute approximate surface area is 119 Å². The molecule has 0 aliphatic carbocycles. The molecule has 0 radical (unpaired) electrons. The van der Waals surface area contributed by atoms with Gasteiger partial charge < -0.3 is 10.1 Å². The first-order valence-corrected chi connectivity index (χ1v) is 6.67. The molecule has 2 rings (SSSR count). The molecule has 2 aromatic carbocycles. The van der Waals surface area contributed by atoms with Crippen LogP contribution in [0.5, 0.6) is 5.75 Å². The number of methoxy groups -OCH3 is 1. The molecule has 3 heteroatoms. The van der Waals surface area contributed by atoms with Gasteiger partial charge >= 0.3 is 0 Å². The van der Waals surface area contributed by atoms with E-state index in [1.807, 2.05) is 36.4 Å². The molecular formula is C17H19NO2. The molecule has 1 N–H and O–H groups in total. The van der Waals surface area contributed by atoms with Crippen molar-refractivity contribution in [3.05, 3.63) is 59.7 Å². The van der Waals surface area contributed by atoms with Crippen LogP contribution in [0.4, 0.5) is 5.69 Å². The summed E-state index contributed by atoms with van der Waals surface area (Å²) < 4.78 is 5.13. The maximum atomic E-state index is 11.2. The molecule has 3 nitrogen and oxygen atoms in total. The second-order valence-corrected chi connectivity index (χ2v) is 4.66. The normalized spacial score (nSPS) is 10.1. The number of benzene rings is 2. The molecule has 2 aromatic rings. The van der Waals surface area contributed by atoms with Gasteiger partial charge in [-0.2, -0.15) is 0 Å². The summed E-state index contributed by atoms with van der Waals surface area (Å²) in [6, 6.07) is 15.6. The first-order chi connectivity index (χ1) is 9.69. The zero-order valence-corrected chi connectivity index (χ0v) is 11.8. The van der Waals surface area contributed by atoms with E-state index < -0.39 is 0 Å². The van der Waals surface area contributed by atoms with E-state index in [0.717, 1.165) is 30.0 Å². The lowest BCUT2D eigenvalue weighted by atomic mass is 10.1. The average molecular weight is 269 g/mol. The third kappa shape index (κ3) is 3.85. The number of carbonyl (C=O) groups is 1.